The number of allylic oxidation sites excluding steroid dienone is 8. The summed E-state index contributed by atoms with van der Waals surface area (Å²) >= 11 is 0. The molecule has 0 saturated carbocycles. The van der Waals surface area contributed by atoms with Crippen LogP contribution in [0.5, 0.6) is 0 Å². The summed E-state index contributed by atoms with van der Waals surface area (Å²) in [5, 5.41) is 0. The van der Waals surface area contributed by atoms with Crippen LogP contribution >= 0.6 is 0 Å². The second kappa shape index (κ2) is 13.0. The molecule has 0 rings (SSSR count). The molecule has 22 heavy (non-hydrogen) atoms. The maximum Gasteiger partial charge on any atom is 0.146 e. The van der Waals surface area contributed by atoms with Crippen molar-refractivity contribution in [3.8, 4) is 0 Å². The molecule has 0 atom stereocenters. The van der Waals surface area contributed by atoms with E-state index in [1.54, 1.807) is 0 Å². The minimum absolute atomic E-state index is 0.564. The van der Waals surface area contributed by atoms with Crippen LogP contribution in [0.4, 0.5) is 0 Å². The summed E-state index contributed by atoms with van der Waals surface area (Å²) in [5.74, 6) is 0. The number of hydrogen-bond donors (Lipinski definition) is 0. The minimum Gasteiger partial charge on any atom is -0.299 e. The molecule has 0 spiro atoms. The second-order valence-electron chi connectivity index (χ2n) is 5.99. The summed E-state index contributed by atoms with van der Waals surface area (Å²) in [6, 6.07) is 0. The zero-order chi connectivity index (χ0) is 16.8. The van der Waals surface area contributed by atoms with Crippen LogP contribution in [0.3, 0.4) is 0 Å². The van der Waals surface area contributed by atoms with E-state index in [2.05, 4.69) is 45.9 Å². The quantitative estimate of drug-likeness (QED) is 0.286. The van der Waals surface area contributed by atoms with Crippen molar-refractivity contribution >= 4 is 12.6 Å². The van der Waals surface area contributed by atoms with E-state index < -0.39 is 0 Å². The molecule has 0 radical (unpaired) electrons. The molecule has 2 nitrogen and oxygen atoms in total. The van der Waals surface area contributed by atoms with Gasteiger partial charge in [0, 0.05) is 0 Å². The molecule has 0 bridgehead atoms. The topological polar surface area (TPSA) is 34.1 Å². The van der Waals surface area contributed by atoms with Gasteiger partial charge in [0.1, 0.15) is 12.6 Å². The number of carbonyl (C=O) groups is 2. The molecule has 0 aliphatic carbocycles. The summed E-state index contributed by atoms with van der Waals surface area (Å²) < 4.78 is 0. The van der Waals surface area contributed by atoms with E-state index in [1.165, 1.54) is 22.8 Å². The Hall–Kier alpha value is -1.70. The van der Waals surface area contributed by atoms with Crippen molar-refractivity contribution in [2.45, 2.75) is 66.2 Å². The highest BCUT2D eigenvalue weighted by Gasteiger charge is 1.95. The Kier molecular flexibility index (Phi) is 12.0. The van der Waals surface area contributed by atoms with Gasteiger partial charge in [0.15, 0.2) is 0 Å². The van der Waals surface area contributed by atoms with Gasteiger partial charge in [-0.3, -0.25) is 9.59 Å². The van der Waals surface area contributed by atoms with Crippen LogP contribution in [-0.4, -0.2) is 12.6 Å². The molecule has 0 heterocycles. The number of hydrogen-bond acceptors (Lipinski definition) is 2. The highest BCUT2D eigenvalue weighted by atomic mass is 16.1. The van der Waals surface area contributed by atoms with E-state index in [-0.39, 0.29) is 0 Å². The van der Waals surface area contributed by atoms with Crippen molar-refractivity contribution in [1.82, 2.24) is 0 Å². The average molecular weight is 302 g/mol. The zero-order valence-electron chi connectivity index (χ0n) is 14.5. The fraction of sp³-hybridized carbons (Fsp3) is 0.500. The van der Waals surface area contributed by atoms with Crippen LogP contribution in [0.25, 0.3) is 0 Å². The van der Waals surface area contributed by atoms with E-state index >= 15 is 0 Å². The van der Waals surface area contributed by atoms with Gasteiger partial charge < -0.3 is 0 Å². The smallest absolute Gasteiger partial charge is 0.146 e. The van der Waals surface area contributed by atoms with Crippen molar-refractivity contribution < 1.29 is 9.59 Å². The molecule has 0 N–H and O–H groups in total. The Morgan fingerprint density at radius 1 is 0.727 bits per heavy atom. The zero-order valence-corrected chi connectivity index (χ0v) is 14.5. The van der Waals surface area contributed by atoms with E-state index in [4.69, 9.17) is 0 Å². The molecule has 0 saturated heterocycles. The third-order valence-electron chi connectivity index (χ3n) is 3.48. The molecule has 0 aromatic heterocycles. The molecule has 0 amide bonds. The summed E-state index contributed by atoms with van der Waals surface area (Å²) in [5.41, 5.74) is 4.73. The predicted octanol–water partition coefficient (Wildman–Crippen LogP) is 5.51. The van der Waals surface area contributed by atoms with Crippen LogP contribution in [0, 0.1) is 0 Å². The summed E-state index contributed by atoms with van der Waals surface area (Å²) in [6.07, 6.45) is 15.3. The third-order valence-corrected chi connectivity index (χ3v) is 3.48. The van der Waals surface area contributed by atoms with E-state index in [9.17, 15) is 9.59 Å². The van der Waals surface area contributed by atoms with Crippen molar-refractivity contribution in [2.75, 3.05) is 0 Å². The molecule has 0 fully saturated rings. The lowest BCUT2D eigenvalue weighted by molar-refractivity contribution is -0.106. The molecule has 0 aromatic rings. The first kappa shape index (κ1) is 20.3. The molecule has 0 aliphatic heterocycles. The molecule has 0 aromatic carbocycles. The predicted molar refractivity (Wildman–Crippen MR) is 94.9 cm³/mol. The number of carbonyl (C=O) groups excluding carboxylic acids is 2. The Morgan fingerprint density at radius 2 is 1.23 bits per heavy atom. The van der Waals surface area contributed by atoms with Crippen LogP contribution in [0.2, 0.25) is 0 Å². The lowest BCUT2D eigenvalue weighted by Crippen LogP contribution is -1.86. The van der Waals surface area contributed by atoms with Gasteiger partial charge in [0.2, 0.25) is 0 Å². The van der Waals surface area contributed by atoms with Gasteiger partial charge in [-0.15, -0.1) is 0 Å². The van der Waals surface area contributed by atoms with Crippen LogP contribution in [-0.2, 0) is 9.59 Å². The Morgan fingerprint density at radius 3 is 1.68 bits per heavy atom. The second-order valence-corrected chi connectivity index (χ2v) is 5.99. The molecule has 0 aliphatic rings. The van der Waals surface area contributed by atoms with Gasteiger partial charge in [-0.05, 0) is 77.9 Å². The first-order valence-electron chi connectivity index (χ1n) is 8.03. The van der Waals surface area contributed by atoms with Crippen molar-refractivity contribution in [1.29, 1.82) is 0 Å². The van der Waals surface area contributed by atoms with E-state index in [0.717, 1.165) is 38.4 Å². The van der Waals surface area contributed by atoms with Crippen molar-refractivity contribution in [2.24, 2.45) is 0 Å². The summed E-state index contributed by atoms with van der Waals surface area (Å²) in [4.78, 5) is 21.0. The van der Waals surface area contributed by atoms with Gasteiger partial charge in [-0.1, -0.05) is 34.9 Å². The monoisotopic (exact) mass is 302 g/mol. The highest BCUT2D eigenvalue weighted by Crippen LogP contribution is 2.13. The fourth-order valence-corrected chi connectivity index (χ4v) is 2.09. The van der Waals surface area contributed by atoms with Crippen LogP contribution < -0.4 is 0 Å². The van der Waals surface area contributed by atoms with Gasteiger partial charge in [-0.25, -0.2) is 0 Å². The number of aldehydes is 2. The van der Waals surface area contributed by atoms with Crippen molar-refractivity contribution in [3.63, 3.8) is 0 Å². The Bertz CT molecular complexity index is 458. The molecular weight excluding hydrogens is 272 g/mol. The highest BCUT2D eigenvalue weighted by molar-refractivity contribution is 5.81. The minimum atomic E-state index is 0.564. The maximum absolute atomic E-state index is 10.7. The van der Waals surface area contributed by atoms with Gasteiger partial charge in [-0.2, -0.15) is 0 Å². The Balaban J connectivity index is 4.06. The average Bonchev–Trinajstić information content (AvgIpc) is 2.46. The van der Waals surface area contributed by atoms with Gasteiger partial charge in [0.25, 0.3) is 0 Å². The lowest BCUT2D eigenvalue weighted by Gasteiger charge is -2.02. The van der Waals surface area contributed by atoms with E-state index in [1.807, 2.05) is 0 Å². The largest absolute Gasteiger partial charge is 0.299 e. The van der Waals surface area contributed by atoms with E-state index in [0.29, 0.717) is 18.3 Å². The normalized spacial score (nSPS) is 13.0. The van der Waals surface area contributed by atoms with Crippen molar-refractivity contribution in [3.05, 3.63) is 46.6 Å². The van der Waals surface area contributed by atoms with Gasteiger partial charge in [0.05, 0.1) is 0 Å². The molecule has 0 unspecified atom stereocenters. The first-order valence-corrected chi connectivity index (χ1v) is 8.03. The Labute approximate surface area is 135 Å². The summed E-state index contributed by atoms with van der Waals surface area (Å²) in [7, 11) is 0. The standard InChI is InChI=1S/C20H30O2/c1-17(2)8-5-9-18(3)10-6-11-19(4)12-7-13-20(16-22)14-15-21/h8,10,12,14-16H,5-7,9,11,13H2,1-4H3. The molecular formula is C20H30O2. The first-order chi connectivity index (χ1) is 10.5. The fourth-order valence-electron chi connectivity index (χ4n) is 2.09. The number of rotatable bonds is 11. The SMILES string of the molecule is CC(C)=CCCC(C)=CCCC(C)=CCCC(C=O)=CC=O. The summed E-state index contributed by atoms with van der Waals surface area (Å²) in [6.45, 7) is 8.58. The van der Waals surface area contributed by atoms with Gasteiger partial charge >= 0.3 is 0 Å². The maximum atomic E-state index is 10.7. The lowest BCUT2D eigenvalue weighted by atomic mass is 10.0. The molecule has 2 heteroatoms. The molecule has 122 valence electrons. The van der Waals surface area contributed by atoms with Crippen LogP contribution in [0.15, 0.2) is 46.6 Å². The third kappa shape index (κ3) is 12.1. The van der Waals surface area contributed by atoms with Crippen LogP contribution in [0.1, 0.15) is 66.2 Å².